The molecule has 1 aromatic carbocycles. The minimum atomic E-state index is -1.01. The Bertz CT molecular complexity index is 777. The standard InChI is InChI=1S/C25H40O6/c1-16(26)31-22-18(23(2,3)4)14-19(28-9)17(21(22)24(5,6)7)15-25(8,27)11-10-20-29-12-13-30-20/h14,20,27H,10-13,15H2,1-9H3. The van der Waals surface area contributed by atoms with Crippen LogP contribution < -0.4 is 9.47 Å². The number of hydrogen-bond donors (Lipinski definition) is 1. The number of carbonyl (C=O) groups excluding carboxylic acids is 1. The van der Waals surface area contributed by atoms with Gasteiger partial charge in [0, 0.05) is 36.5 Å². The molecule has 6 nitrogen and oxygen atoms in total. The van der Waals surface area contributed by atoms with Gasteiger partial charge >= 0.3 is 5.97 Å². The summed E-state index contributed by atoms with van der Waals surface area (Å²) in [4.78, 5) is 12.0. The summed E-state index contributed by atoms with van der Waals surface area (Å²) >= 11 is 0. The molecule has 1 fully saturated rings. The first-order chi connectivity index (χ1) is 14.2. The largest absolute Gasteiger partial charge is 0.496 e. The van der Waals surface area contributed by atoms with Crippen molar-refractivity contribution in [2.75, 3.05) is 20.3 Å². The molecule has 1 atom stereocenters. The molecule has 1 aliphatic heterocycles. The molecule has 0 aromatic heterocycles. The summed E-state index contributed by atoms with van der Waals surface area (Å²) in [7, 11) is 1.64. The second-order valence-electron chi connectivity index (χ2n) is 10.8. The van der Waals surface area contributed by atoms with Crippen molar-refractivity contribution in [1.82, 2.24) is 0 Å². The first-order valence-electron chi connectivity index (χ1n) is 11.0. The van der Waals surface area contributed by atoms with E-state index in [1.54, 1.807) is 7.11 Å². The number of methoxy groups -OCH3 is 1. The highest BCUT2D eigenvalue weighted by atomic mass is 16.7. The van der Waals surface area contributed by atoms with E-state index in [1.807, 2.05) is 13.0 Å². The van der Waals surface area contributed by atoms with Gasteiger partial charge in [-0.15, -0.1) is 0 Å². The molecular formula is C25H40O6. The number of esters is 1. The average Bonchev–Trinajstić information content (AvgIpc) is 3.11. The fraction of sp³-hybridized carbons (Fsp3) is 0.720. The molecule has 0 bridgehead atoms. The lowest BCUT2D eigenvalue weighted by Gasteiger charge is -2.34. The summed E-state index contributed by atoms with van der Waals surface area (Å²) in [5.41, 5.74) is 1.02. The van der Waals surface area contributed by atoms with Crippen LogP contribution in [0.5, 0.6) is 11.5 Å². The van der Waals surface area contributed by atoms with E-state index in [4.69, 9.17) is 18.9 Å². The predicted octanol–water partition coefficient (Wildman–Crippen LogP) is 4.66. The monoisotopic (exact) mass is 436 g/mol. The van der Waals surface area contributed by atoms with Gasteiger partial charge in [0.15, 0.2) is 6.29 Å². The molecule has 6 heteroatoms. The summed E-state index contributed by atoms with van der Waals surface area (Å²) in [6.07, 6.45) is 1.20. The van der Waals surface area contributed by atoms with E-state index in [9.17, 15) is 9.90 Å². The van der Waals surface area contributed by atoms with Gasteiger partial charge in [-0.3, -0.25) is 4.79 Å². The van der Waals surface area contributed by atoms with Crippen molar-refractivity contribution in [3.63, 3.8) is 0 Å². The maximum Gasteiger partial charge on any atom is 0.308 e. The zero-order valence-corrected chi connectivity index (χ0v) is 20.7. The third kappa shape index (κ3) is 6.67. The molecule has 0 spiro atoms. The van der Waals surface area contributed by atoms with Gasteiger partial charge in [0.1, 0.15) is 11.5 Å². The Labute approximate surface area is 187 Å². The average molecular weight is 437 g/mol. The van der Waals surface area contributed by atoms with Crippen molar-refractivity contribution in [1.29, 1.82) is 0 Å². The number of benzene rings is 1. The fourth-order valence-corrected chi connectivity index (χ4v) is 4.11. The number of rotatable bonds is 7. The van der Waals surface area contributed by atoms with Crippen LogP contribution in [-0.4, -0.2) is 43.3 Å². The normalized spacial score (nSPS) is 17.5. The molecule has 2 rings (SSSR count). The molecule has 0 aliphatic carbocycles. The van der Waals surface area contributed by atoms with Crippen LogP contribution in [0.1, 0.15) is 84.9 Å². The highest BCUT2D eigenvalue weighted by Crippen LogP contribution is 2.47. The van der Waals surface area contributed by atoms with Crippen molar-refractivity contribution < 1.29 is 28.8 Å². The molecule has 1 N–H and O–H groups in total. The minimum absolute atomic E-state index is 0.268. The lowest BCUT2D eigenvalue weighted by molar-refractivity contribution is -0.132. The molecule has 1 saturated heterocycles. The van der Waals surface area contributed by atoms with E-state index < -0.39 is 5.60 Å². The van der Waals surface area contributed by atoms with Gasteiger partial charge in [-0.2, -0.15) is 0 Å². The van der Waals surface area contributed by atoms with E-state index in [1.165, 1.54) is 6.92 Å². The van der Waals surface area contributed by atoms with Gasteiger partial charge in [-0.1, -0.05) is 41.5 Å². The van der Waals surface area contributed by atoms with Gasteiger partial charge in [0.05, 0.1) is 25.9 Å². The first-order valence-corrected chi connectivity index (χ1v) is 11.0. The zero-order chi connectivity index (χ0) is 23.6. The van der Waals surface area contributed by atoms with Crippen molar-refractivity contribution in [2.24, 2.45) is 0 Å². The summed E-state index contributed by atoms with van der Waals surface area (Å²) in [5.74, 6) is 0.898. The Morgan fingerprint density at radius 1 is 1.10 bits per heavy atom. The molecular weight excluding hydrogens is 396 g/mol. The molecule has 0 amide bonds. The Morgan fingerprint density at radius 2 is 1.68 bits per heavy atom. The third-order valence-corrected chi connectivity index (χ3v) is 5.54. The summed E-state index contributed by atoms with van der Waals surface area (Å²) < 4.78 is 22.7. The molecule has 1 aromatic rings. The van der Waals surface area contributed by atoms with Gasteiger partial charge < -0.3 is 24.1 Å². The van der Waals surface area contributed by atoms with Crippen LogP contribution in [0.3, 0.4) is 0 Å². The number of hydrogen-bond acceptors (Lipinski definition) is 6. The van der Waals surface area contributed by atoms with Gasteiger partial charge in [-0.05, 0) is 30.2 Å². The van der Waals surface area contributed by atoms with Crippen LogP contribution in [0, 0.1) is 0 Å². The van der Waals surface area contributed by atoms with E-state index in [0.29, 0.717) is 44.0 Å². The molecule has 1 unspecified atom stereocenters. The molecule has 31 heavy (non-hydrogen) atoms. The second-order valence-corrected chi connectivity index (χ2v) is 10.8. The van der Waals surface area contributed by atoms with Gasteiger partial charge in [0.25, 0.3) is 0 Å². The smallest absolute Gasteiger partial charge is 0.308 e. The number of ether oxygens (including phenoxy) is 4. The highest BCUT2D eigenvalue weighted by molar-refractivity contribution is 5.72. The molecule has 1 aliphatic rings. The van der Waals surface area contributed by atoms with Crippen LogP contribution in [0.4, 0.5) is 0 Å². The van der Waals surface area contributed by atoms with Crippen molar-refractivity contribution in [3.05, 3.63) is 22.8 Å². The second kappa shape index (κ2) is 9.47. The fourth-order valence-electron chi connectivity index (χ4n) is 4.11. The number of aliphatic hydroxyl groups is 1. The number of carbonyl (C=O) groups is 1. The first kappa shape index (κ1) is 25.6. The molecule has 0 saturated carbocycles. The Kier molecular flexibility index (Phi) is 7.83. The molecule has 0 radical (unpaired) electrons. The maximum absolute atomic E-state index is 12.0. The Balaban J connectivity index is 2.59. The predicted molar refractivity (Wildman–Crippen MR) is 121 cm³/mol. The van der Waals surface area contributed by atoms with Crippen LogP contribution in [0.15, 0.2) is 6.07 Å². The van der Waals surface area contributed by atoms with Gasteiger partial charge in [0.2, 0.25) is 0 Å². The Morgan fingerprint density at radius 3 is 2.13 bits per heavy atom. The molecule has 176 valence electrons. The van der Waals surface area contributed by atoms with Crippen molar-refractivity contribution in [3.8, 4) is 11.5 Å². The van der Waals surface area contributed by atoms with E-state index in [0.717, 1.165) is 16.7 Å². The molecule has 1 heterocycles. The van der Waals surface area contributed by atoms with Crippen LogP contribution in [0.25, 0.3) is 0 Å². The summed E-state index contributed by atoms with van der Waals surface area (Å²) in [6, 6.07) is 1.95. The van der Waals surface area contributed by atoms with Gasteiger partial charge in [-0.25, -0.2) is 0 Å². The summed E-state index contributed by atoms with van der Waals surface area (Å²) in [6.45, 7) is 16.9. The van der Waals surface area contributed by atoms with E-state index in [-0.39, 0.29) is 23.1 Å². The van der Waals surface area contributed by atoms with E-state index in [2.05, 4.69) is 41.5 Å². The zero-order valence-electron chi connectivity index (χ0n) is 20.7. The lowest BCUT2D eigenvalue weighted by Crippen LogP contribution is -2.32. The SMILES string of the molecule is COc1cc(C(C)(C)C)c(OC(C)=O)c(C(C)(C)C)c1CC(C)(O)CCC1OCCO1. The summed E-state index contributed by atoms with van der Waals surface area (Å²) in [5, 5.41) is 11.3. The topological polar surface area (TPSA) is 74.2 Å². The minimum Gasteiger partial charge on any atom is -0.496 e. The van der Waals surface area contributed by atoms with E-state index >= 15 is 0 Å². The van der Waals surface area contributed by atoms with Crippen LogP contribution >= 0.6 is 0 Å². The third-order valence-electron chi connectivity index (χ3n) is 5.54. The lowest BCUT2D eigenvalue weighted by atomic mass is 9.74. The van der Waals surface area contributed by atoms with Crippen LogP contribution in [0.2, 0.25) is 0 Å². The van der Waals surface area contributed by atoms with Crippen LogP contribution in [-0.2, 0) is 31.5 Å². The maximum atomic E-state index is 12.0. The van der Waals surface area contributed by atoms with Crippen molar-refractivity contribution in [2.45, 2.75) is 97.4 Å². The van der Waals surface area contributed by atoms with Crippen molar-refractivity contribution >= 4 is 5.97 Å². The highest BCUT2D eigenvalue weighted by Gasteiger charge is 2.36. The quantitative estimate of drug-likeness (QED) is 0.495. The Hall–Kier alpha value is -1.63.